The predicted octanol–water partition coefficient (Wildman–Crippen LogP) is 1.61. The second-order valence-corrected chi connectivity index (χ2v) is 5.07. The number of nitrogens with zero attached hydrogens (tertiary/aromatic N) is 3. The summed E-state index contributed by atoms with van der Waals surface area (Å²) in [5, 5.41) is 17.1. The van der Waals surface area contributed by atoms with Crippen molar-refractivity contribution in [3.05, 3.63) is 23.9 Å². The smallest absolute Gasteiger partial charge is 0.243 e. The van der Waals surface area contributed by atoms with E-state index in [-0.39, 0.29) is 6.61 Å². The standard InChI is InChI=1S/C13H18N4O/c1-9-5-6-12-15-13(16-17(12)7-9)14-11-4-2-3-10(11)8-18/h5-7,10-11,18H,2-4,8H2,1H3,(H,14,16). The van der Waals surface area contributed by atoms with E-state index in [1.165, 1.54) is 0 Å². The molecule has 96 valence electrons. The first-order valence-electron chi connectivity index (χ1n) is 6.46. The van der Waals surface area contributed by atoms with Crippen molar-refractivity contribution < 1.29 is 5.11 Å². The number of aromatic nitrogens is 3. The fraction of sp³-hybridized carbons (Fsp3) is 0.538. The first-order valence-corrected chi connectivity index (χ1v) is 6.46. The number of fused-ring (bicyclic) bond motifs is 1. The van der Waals surface area contributed by atoms with Crippen LogP contribution in [0, 0.1) is 12.8 Å². The van der Waals surface area contributed by atoms with Gasteiger partial charge in [-0.05, 0) is 31.4 Å². The van der Waals surface area contributed by atoms with Crippen LogP contribution in [-0.2, 0) is 0 Å². The van der Waals surface area contributed by atoms with E-state index >= 15 is 0 Å². The van der Waals surface area contributed by atoms with Crippen molar-refractivity contribution in [1.82, 2.24) is 14.6 Å². The largest absolute Gasteiger partial charge is 0.396 e. The molecule has 2 aromatic rings. The summed E-state index contributed by atoms with van der Waals surface area (Å²) in [6, 6.07) is 4.29. The van der Waals surface area contributed by atoms with Crippen LogP contribution in [0.3, 0.4) is 0 Å². The van der Waals surface area contributed by atoms with E-state index in [0.717, 1.165) is 30.5 Å². The zero-order valence-corrected chi connectivity index (χ0v) is 10.5. The van der Waals surface area contributed by atoms with Crippen LogP contribution in [0.5, 0.6) is 0 Å². The first kappa shape index (κ1) is 11.5. The average Bonchev–Trinajstić information content (AvgIpc) is 2.94. The minimum Gasteiger partial charge on any atom is -0.396 e. The van der Waals surface area contributed by atoms with Gasteiger partial charge in [-0.3, -0.25) is 0 Å². The van der Waals surface area contributed by atoms with Crippen LogP contribution >= 0.6 is 0 Å². The van der Waals surface area contributed by atoms with E-state index in [0.29, 0.717) is 17.9 Å². The minimum absolute atomic E-state index is 0.240. The van der Waals surface area contributed by atoms with Gasteiger partial charge < -0.3 is 10.4 Å². The Morgan fingerprint density at radius 1 is 1.44 bits per heavy atom. The Kier molecular flexibility index (Phi) is 2.91. The van der Waals surface area contributed by atoms with Gasteiger partial charge in [-0.1, -0.05) is 12.5 Å². The molecule has 0 aromatic carbocycles. The third-order valence-corrected chi connectivity index (χ3v) is 3.69. The summed E-state index contributed by atoms with van der Waals surface area (Å²) < 4.78 is 1.79. The van der Waals surface area contributed by atoms with Crippen molar-refractivity contribution in [2.75, 3.05) is 11.9 Å². The second kappa shape index (κ2) is 4.57. The summed E-state index contributed by atoms with van der Waals surface area (Å²) in [5.41, 5.74) is 2.01. The Morgan fingerprint density at radius 2 is 2.33 bits per heavy atom. The number of aryl methyl sites for hydroxylation is 1. The van der Waals surface area contributed by atoms with Gasteiger partial charge in [-0.25, -0.2) is 4.52 Å². The number of aliphatic hydroxyl groups excluding tert-OH is 1. The molecule has 0 saturated heterocycles. The lowest BCUT2D eigenvalue weighted by molar-refractivity contribution is 0.222. The Labute approximate surface area is 106 Å². The highest BCUT2D eigenvalue weighted by Crippen LogP contribution is 2.27. The summed E-state index contributed by atoms with van der Waals surface area (Å²) >= 11 is 0. The number of anilines is 1. The van der Waals surface area contributed by atoms with E-state index in [1.807, 2.05) is 25.3 Å². The summed E-state index contributed by atoms with van der Waals surface area (Å²) in [5.74, 6) is 0.990. The number of hydrogen-bond acceptors (Lipinski definition) is 4. The molecule has 0 amide bonds. The van der Waals surface area contributed by atoms with Crippen molar-refractivity contribution in [1.29, 1.82) is 0 Å². The van der Waals surface area contributed by atoms with Gasteiger partial charge in [0, 0.05) is 24.8 Å². The SMILES string of the molecule is Cc1ccc2nc(NC3CCCC3CO)nn2c1. The molecule has 3 rings (SSSR count). The summed E-state index contributed by atoms with van der Waals surface area (Å²) in [4.78, 5) is 4.45. The fourth-order valence-corrected chi connectivity index (χ4v) is 2.66. The van der Waals surface area contributed by atoms with Crippen LogP contribution in [0.15, 0.2) is 18.3 Å². The Morgan fingerprint density at radius 3 is 3.17 bits per heavy atom. The van der Waals surface area contributed by atoms with Crippen LogP contribution in [0.25, 0.3) is 5.65 Å². The molecule has 5 heteroatoms. The zero-order valence-electron chi connectivity index (χ0n) is 10.5. The highest BCUT2D eigenvalue weighted by atomic mass is 16.3. The molecule has 5 nitrogen and oxygen atoms in total. The number of pyridine rings is 1. The number of hydrogen-bond donors (Lipinski definition) is 2. The lowest BCUT2D eigenvalue weighted by atomic mass is 10.1. The second-order valence-electron chi connectivity index (χ2n) is 5.07. The Bertz CT molecular complexity index is 551. The quantitative estimate of drug-likeness (QED) is 0.863. The van der Waals surface area contributed by atoms with Crippen LogP contribution < -0.4 is 5.32 Å². The molecule has 1 aliphatic rings. The van der Waals surface area contributed by atoms with E-state index < -0.39 is 0 Å². The monoisotopic (exact) mass is 246 g/mol. The van der Waals surface area contributed by atoms with Crippen LogP contribution in [-0.4, -0.2) is 32.4 Å². The van der Waals surface area contributed by atoms with Gasteiger partial charge >= 0.3 is 0 Å². The molecule has 18 heavy (non-hydrogen) atoms. The minimum atomic E-state index is 0.240. The molecule has 2 atom stereocenters. The number of nitrogens with one attached hydrogen (secondary N) is 1. The van der Waals surface area contributed by atoms with Gasteiger partial charge in [0.1, 0.15) is 0 Å². The van der Waals surface area contributed by atoms with Crippen molar-refractivity contribution in [3.63, 3.8) is 0 Å². The van der Waals surface area contributed by atoms with Crippen molar-refractivity contribution in [2.24, 2.45) is 5.92 Å². The molecule has 2 unspecified atom stereocenters. The third kappa shape index (κ3) is 2.06. The van der Waals surface area contributed by atoms with Gasteiger partial charge in [-0.15, -0.1) is 5.10 Å². The Balaban J connectivity index is 1.82. The molecule has 0 spiro atoms. The van der Waals surface area contributed by atoms with Crippen molar-refractivity contribution in [3.8, 4) is 0 Å². The zero-order chi connectivity index (χ0) is 12.5. The molecular weight excluding hydrogens is 228 g/mol. The molecule has 2 N–H and O–H groups in total. The van der Waals surface area contributed by atoms with Crippen LogP contribution in [0.2, 0.25) is 0 Å². The fourth-order valence-electron chi connectivity index (χ4n) is 2.66. The topological polar surface area (TPSA) is 62.5 Å². The molecule has 0 radical (unpaired) electrons. The van der Waals surface area contributed by atoms with Gasteiger partial charge in [0.15, 0.2) is 5.65 Å². The number of rotatable bonds is 3. The molecule has 2 heterocycles. The van der Waals surface area contributed by atoms with Gasteiger partial charge in [-0.2, -0.15) is 4.98 Å². The van der Waals surface area contributed by atoms with Gasteiger partial charge in [0.25, 0.3) is 0 Å². The average molecular weight is 246 g/mol. The maximum atomic E-state index is 9.30. The Hall–Kier alpha value is -1.62. The predicted molar refractivity (Wildman–Crippen MR) is 69.6 cm³/mol. The number of aliphatic hydroxyl groups is 1. The van der Waals surface area contributed by atoms with E-state index in [1.54, 1.807) is 4.52 Å². The van der Waals surface area contributed by atoms with Crippen molar-refractivity contribution >= 4 is 11.6 Å². The van der Waals surface area contributed by atoms with Crippen LogP contribution in [0.4, 0.5) is 5.95 Å². The van der Waals surface area contributed by atoms with E-state index in [9.17, 15) is 5.11 Å². The van der Waals surface area contributed by atoms with Gasteiger partial charge in [0.05, 0.1) is 0 Å². The normalized spacial score (nSPS) is 23.7. The molecule has 0 bridgehead atoms. The van der Waals surface area contributed by atoms with Crippen molar-refractivity contribution in [2.45, 2.75) is 32.2 Å². The first-order chi connectivity index (χ1) is 8.76. The van der Waals surface area contributed by atoms with E-state index in [2.05, 4.69) is 15.4 Å². The lowest BCUT2D eigenvalue weighted by Gasteiger charge is -2.17. The maximum absolute atomic E-state index is 9.30. The third-order valence-electron chi connectivity index (χ3n) is 3.69. The lowest BCUT2D eigenvalue weighted by Crippen LogP contribution is -2.26. The molecule has 1 fully saturated rings. The van der Waals surface area contributed by atoms with Gasteiger partial charge in [0.2, 0.25) is 5.95 Å². The summed E-state index contributed by atoms with van der Waals surface area (Å²) in [6.45, 7) is 2.27. The molecular formula is C13H18N4O. The highest BCUT2D eigenvalue weighted by Gasteiger charge is 2.27. The van der Waals surface area contributed by atoms with Crippen LogP contribution in [0.1, 0.15) is 24.8 Å². The maximum Gasteiger partial charge on any atom is 0.243 e. The van der Waals surface area contributed by atoms with E-state index in [4.69, 9.17) is 0 Å². The molecule has 2 aromatic heterocycles. The summed E-state index contributed by atoms with van der Waals surface area (Å²) in [6.07, 6.45) is 5.29. The highest BCUT2D eigenvalue weighted by molar-refractivity contribution is 5.44. The molecule has 0 aliphatic heterocycles. The molecule has 1 saturated carbocycles. The summed E-state index contributed by atoms with van der Waals surface area (Å²) in [7, 11) is 0. The molecule has 1 aliphatic carbocycles.